The number of ketones is 3. The van der Waals surface area contributed by atoms with Crippen LogP contribution in [0.5, 0.6) is 23.0 Å². The van der Waals surface area contributed by atoms with Gasteiger partial charge in [0.1, 0.15) is 31.1 Å². The first-order valence-corrected chi connectivity index (χ1v) is 37.7. The highest BCUT2D eigenvalue weighted by molar-refractivity contribution is 8.77. The summed E-state index contributed by atoms with van der Waals surface area (Å²) in [6, 6.07) is 16.0. The molecule has 12 rings (SSSR count). The van der Waals surface area contributed by atoms with Gasteiger partial charge < -0.3 is 64.4 Å². The Kier molecular flexibility index (Phi) is 27.2. The molecule has 104 heavy (non-hydrogen) atoms. The fourth-order valence-electron chi connectivity index (χ4n) is 13.1. The van der Waals surface area contributed by atoms with Crippen molar-refractivity contribution in [3.05, 3.63) is 95.1 Å². The van der Waals surface area contributed by atoms with Gasteiger partial charge in [-0.1, -0.05) is 66.6 Å². The highest BCUT2D eigenvalue weighted by Crippen LogP contribution is 2.44. The number of rotatable bonds is 11. The third kappa shape index (κ3) is 20.1. The third-order valence-corrected chi connectivity index (χ3v) is 22.5. The maximum atomic E-state index is 14.5. The lowest BCUT2D eigenvalue weighted by atomic mass is 10.0. The summed E-state index contributed by atoms with van der Waals surface area (Å²) >= 11 is 0. The van der Waals surface area contributed by atoms with Gasteiger partial charge in [-0.05, 0) is 114 Å². The Hall–Kier alpha value is -9.38. The molecule has 0 radical (unpaired) electrons. The largest absolute Gasteiger partial charge is 0.493 e. The number of amides is 9. The Morgan fingerprint density at radius 2 is 1.10 bits per heavy atom. The van der Waals surface area contributed by atoms with Crippen molar-refractivity contribution in [1.82, 2.24) is 25.3 Å². The lowest BCUT2D eigenvalue weighted by Gasteiger charge is -2.33. The van der Waals surface area contributed by atoms with Gasteiger partial charge >= 0.3 is 12.2 Å². The Morgan fingerprint density at radius 1 is 0.596 bits per heavy atom. The summed E-state index contributed by atoms with van der Waals surface area (Å²) in [6.45, 7) is 13.4. The van der Waals surface area contributed by atoms with Gasteiger partial charge in [0, 0.05) is 104 Å². The molecule has 9 amide bonds. The molecule has 8 bridgehead atoms. The van der Waals surface area contributed by atoms with Crippen molar-refractivity contribution < 1.29 is 86.0 Å². The summed E-state index contributed by atoms with van der Waals surface area (Å²) in [5.41, 5.74) is 2.79. The number of nitrogens with one attached hydrogen (secondary N) is 4. The number of hydrogen-bond acceptors (Lipinski definition) is 20. The minimum Gasteiger partial charge on any atom is -0.493 e. The Bertz CT molecular complexity index is 3870. The zero-order chi connectivity index (χ0) is 75.1. The Balaban J connectivity index is 0.936. The van der Waals surface area contributed by atoms with Crippen LogP contribution in [0, 0.1) is 11.8 Å². The normalized spacial score (nSPS) is 22.7. The van der Waals surface area contributed by atoms with Crippen molar-refractivity contribution in [2.45, 2.75) is 174 Å². The molecule has 0 aromatic heterocycles. The van der Waals surface area contributed by atoms with Crippen molar-refractivity contribution in [2.24, 2.45) is 11.8 Å². The summed E-state index contributed by atoms with van der Waals surface area (Å²) in [7, 11) is 5.84. The number of anilines is 4. The molecule has 29 heteroatoms. The second kappa shape index (κ2) is 35.9. The van der Waals surface area contributed by atoms with E-state index >= 15 is 0 Å². The fraction of sp³-hybridized carbons (Fsp3) is 0.520. The van der Waals surface area contributed by atoms with E-state index in [-0.39, 0.29) is 139 Å². The monoisotopic (exact) mass is 1470 g/mol. The fourth-order valence-corrected chi connectivity index (χ4v) is 15.6. The molecule has 0 saturated carbocycles. The molecular formula is C75H95N9O18S2. The lowest BCUT2D eigenvalue weighted by molar-refractivity contribution is -0.139. The number of Topliss-reactive ketones (excluding diaryl/α,β-unsaturated/α-hetero) is 3. The molecule has 4 aromatic rings. The van der Waals surface area contributed by atoms with E-state index in [0.717, 1.165) is 17.7 Å². The number of hydrogen-bond donors (Lipinski definition) is 4. The van der Waals surface area contributed by atoms with Gasteiger partial charge in [-0.25, -0.2) is 9.59 Å². The molecule has 7 atom stereocenters. The van der Waals surface area contributed by atoms with Gasteiger partial charge in [0.15, 0.2) is 34.6 Å². The van der Waals surface area contributed by atoms with Crippen molar-refractivity contribution in [1.29, 1.82) is 0 Å². The van der Waals surface area contributed by atoms with Crippen LogP contribution in [-0.4, -0.2) is 186 Å². The standard InChI is InChI=1S/C75H95N9O18S2/c1-11-54(85)25-27-75(7,8)104-103-32-26-66(88)80-40-55(86)33-44(2)67(89)76-46(4)69(91)78-51-21-17-49(18-22-51)42-101-73(95)83-39-53-15-12-28-81(53)71(93)57-35-62(97-9)64(37-60(57)83)99-30-14-31-100-65-38-61-58(36-63(65)98-10)72(94)82-29-13-16-59(82)48(6)84(61)74(96)102-43-50-19-23-52(24-20-50)79-70(92)47(5)77-68(90)45(3)34-56(87)41-80/h17-24,35-38,44-48,53,59H,11-16,25-34,39-43H2,1-10H3,(H,76,89)(H,77,90)(H,78,91)(H,79,92)/t44-,45-,46+,47+,48?,53+,59+/m1/s1. The molecule has 4 aromatic carbocycles. The number of ether oxygens (including phenoxy) is 6. The maximum absolute atomic E-state index is 14.5. The molecule has 2 saturated heterocycles. The number of methoxy groups -OCH3 is 2. The number of carbonyl (C=O) groups is 12. The summed E-state index contributed by atoms with van der Waals surface area (Å²) < 4.78 is 35.9. The van der Waals surface area contributed by atoms with Crippen LogP contribution in [0.15, 0.2) is 72.8 Å². The molecule has 2 fully saturated rings. The van der Waals surface area contributed by atoms with Crippen LogP contribution in [0.25, 0.3) is 0 Å². The van der Waals surface area contributed by atoms with E-state index < -0.39 is 96.3 Å². The van der Waals surface area contributed by atoms with Crippen LogP contribution >= 0.6 is 21.6 Å². The van der Waals surface area contributed by atoms with E-state index in [1.54, 1.807) is 82.6 Å². The average molecular weight is 1470 g/mol. The van der Waals surface area contributed by atoms with Crippen LogP contribution in [0.1, 0.15) is 158 Å². The lowest BCUT2D eigenvalue weighted by Crippen LogP contribution is -2.49. The van der Waals surface area contributed by atoms with Gasteiger partial charge in [0.25, 0.3) is 11.8 Å². The highest BCUT2D eigenvalue weighted by Gasteiger charge is 2.45. The number of fused-ring (bicyclic) bond motifs is 2. The van der Waals surface area contributed by atoms with Gasteiger partial charge in [-0.2, -0.15) is 0 Å². The van der Waals surface area contributed by atoms with Crippen molar-refractivity contribution in [3.8, 4) is 23.0 Å². The van der Waals surface area contributed by atoms with E-state index in [0.29, 0.717) is 73.4 Å². The van der Waals surface area contributed by atoms with Gasteiger partial charge in [-0.15, -0.1) is 0 Å². The Morgan fingerprint density at radius 3 is 1.63 bits per heavy atom. The van der Waals surface area contributed by atoms with Gasteiger partial charge in [0.2, 0.25) is 29.5 Å². The van der Waals surface area contributed by atoms with E-state index in [2.05, 4.69) is 21.3 Å². The van der Waals surface area contributed by atoms with Crippen LogP contribution in [0.4, 0.5) is 32.3 Å². The summed E-state index contributed by atoms with van der Waals surface area (Å²) in [4.78, 5) is 173. The quantitative estimate of drug-likeness (QED) is 0.0801. The van der Waals surface area contributed by atoms with Gasteiger partial charge in [-0.3, -0.25) is 57.7 Å². The van der Waals surface area contributed by atoms with E-state index in [4.69, 9.17) is 28.4 Å². The molecule has 4 N–H and O–H groups in total. The molecule has 1 unspecified atom stereocenters. The smallest absolute Gasteiger partial charge is 0.414 e. The minimum atomic E-state index is -1.08. The second-order valence-corrected chi connectivity index (χ2v) is 30.7. The number of benzene rings is 4. The van der Waals surface area contributed by atoms with Crippen LogP contribution in [0.3, 0.4) is 0 Å². The van der Waals surface area contributed by atoms with E-state index in [1.807, 2.05) is 27.7 Å². The second-order valence-electron chi connectivity index (χ2n) is 27.6. The summed E-state index contributed by atoms with van der Waals surface area (Å²) in [5.74, 6) is -5.08. The van der Waals surface area contributed by atoms with Crippen LogP contribution < -0.4 is 50.0 Å². The molecule has 8 aliphatic heterocycles. The molecule has 8 heterocycles. The molecule has 560 valence electrons. The zero-order valence-corrected chi connectivity index (χ0v) is 62.4. The first-order valence-electron chi connectivity index (χ1n) is 35.4. The summed E-state index contributed by atoms with van der Waals surface area (Å²) in [6.07, 6.45) is 2.33. The molecule has 0 spiro atoms. The highest BCUT2D eigenvalue weighted by atomic mass is 33.1. The number of nitrogens with zero attached hydrogens (tertiary/aromatic N) is 5. The Labute approximate surface area is 613 Å². The minimum absolute atomic E-state index is 0.0595. The van der Waals surface area contributed by atoms with Gasteiger partial charge in [0.05, 0.1) is 81.2 Å². The van der Waals surface area contributed by atoms with Crippen molar-refractivity contribution >= 4 is 115 Å². The van der Waals surface area contributed by atoms with Crippen LogP contribution in [-0.2, 0) is 61.0 Å². The summed E-state index contributed by atoms with van der Waals surface area (Å²) in [5, 5.41) is 10.8. The first-order chi connectivity index (χ1) is 49.6. The first kappa shape index (κ1) is 78.8. The molecule has 0 aliphatic carbocycles. The zero-order valence-electron chi connectivity index (χ0n) is 60.7. The molecule has 27 nitrogen and oxygen atoms in total. The predicted molar refractivity (Wildman–Crippen MR) is 392 cm³/mol. The van der Waals surface area contributed by atoms with Crippen molar-refractivity contribution in [3.63, 3.8) is 0 Å². The molecule has 8 aliphatic rings. The van der Waals surface area contributed by atoms with Crippen molar-refractivity contribution in [2.75, 3.05) is 86.3 Å². The predicted octanol–water partition coefficient (Wildman–Crippen LogP) is 9.69. The third-order valence-electron chi connectivity index (χ3n) is 19.2. The average Bonchev–Trinajstić information content (AvgIpc) is 1.58. The number of carbonyl (C=O) groups excluding carboxylic acids is 12. The molecular weight excluding hydrogens is 1380 g/mol. The van der Waals surface area contributed by atoms with Crippen LogP contribution in [0.2, 0.25) is 0 Å². The topological polar surface area (TPSA) is 325 Å². The van der Waals surface area contributed by atoms with E-state index in [1.165, 1.54) is 73.3 Å². The van der Waals surface area contributed by atoms with E-state index in [9.17, 15) is 57.5 Å². The SMILES string of the molecule is CCC(=O)CCC(C)(C)SSCCC(=O)N1CC(=O)C[C@@H](C)C(=O)N[C@@H](C)C(=O)Nc2ccc(cc2)COC(=O)N2C[C@@H]3CCCN3C(=O)c3cc(OC)c(cc32)OCCCOc2cc3c(cc2OC)C(=O)N2CCC[C@H]2C(C)N3C(=O)OCc2ccc(cc2)NC(=O)[C@H](C)NC(=O)[C@H](C)CC(=O)C1. The maximum Gasteiger partial charge on any atom is 0.414 e.